The second-order valence-electron chi connectivity index (χ2n) is 6.97. The number of nitrogens with zero attached hydrogens (tertiary/aromatic N) is 3. The molecular weight excluding hydrogens is 332 g/mol. The molecule has 5 nitrogen and oxygen atoms in total. The molecule has 3 rings (SSSR count). The fourth-order valence-corrected chi connectivity index (χ4v) is 4.19. The van der Waals surface area contributed by atoms with Gasteiger partial charge in [-0.15, -0.1) is 5.10 Å². The average Bonchev–Trinajstić information content (AvgIpc) is 3.03. The van der Waals surface area contributed by atoms with E-state index in [1.54, 1.807) is 0 Å². The third-order valence-electron chi connectivity index (χ3n) is 4.87. The topological polar surface area (TPSA) is 61.9 Å². The van der Waals surface area contributed by atoms with Crippen LogP contribution in [-0.4, -0.2) is 43.3 Å². The van der Waals surface area contributed by atoms with Gasteiger partial charge in [0.1, 0.15) is 0 Å². The zero-order chi connectivity index (χ0) is 18.0. The number of rotatable bonds is 4. The standard InChI is InChI=1S/C19H26N4OS/c1-12-8-10-16(11-9-12)17-20-19(22-21-17)25-15(4)18(24)23-13(2)6-5-7-14(23)3/h8-11,13-15H,5-7H2,1-4H3,(H,20,21,22)/t13-,14+,15-/m1/s1. The minimum Gasteiger partial charge on any atom is -0.336 e. The number of aromatic nitrogens is 3. The normalized spacial score (nSPS) is 22.0. The predicted octanol–water partition coefficient (Wildman–Crippen LogP) is 4.05. The van der Waals surface area contributed by atoms with E-state index in [0.29, 0.717) is 17.2 Å². The summed E-state index contributed by atoms with van der Waals surface area (Å²) in [6.45, 7) is 8.30. The van der Waals surface area contributed by atoms with Crippen molar-refractivity contribution in [3.05, 3.63) is 29.8 Å². The Hall–Kier alpha value is -1.82. The lowest BCUT2D eigenvalue weighted by Crippen LogP contribution is -2.50. The summed E-state index contributed by atoms with van der Waals surface area (Å²) in [4.78, 5) is 19.5. The summed E-state index contributed by atoms with van der Waals surface area (Å²) in [7, 11) is 0. The van der Waals surface area contributed by atoms with Crippen LogP contribution in [0.3, 0.4) is 0 Å². The van der Waals surface area contributed by atoms with Crippen molar-refractivity contribution in [1.29, 1.82) is 0 Å². The van der Waals surface area contributed by atoms with E-state index in [0.717, 1.165) is 24.2 Å². The van der Waals surface area contributed by atoms with Crippen LogP contribution in [0.5, 0.6) is 0 Å². The lowest BCUT2D eigenvalue weighted by Gasteiger charge is -2.40. The van der Waals surface area contributed by atoms with E-state index in [1.807, 2.05) is 19.1 Å². The van der Waals surface area contributed by atoms with Gasteiger partial charge in [-0.1, -0.05) is 41.6 Å². The maximum absolute atomic E-state index is 12.9. The first kappa shape index (κ1) is 18.0. The van der Waals surface area contributed by atoms with Gasteiger partial charge in [-0.2, -0.15) is 0 Å². The van der Waals surface area contributed by atoms with Gasteiger partial charge in [0, 0.05) is 17.6 Å². The van der Waals surface area contributed by atoms with Crippen LogP contribution in [0.4, 0.5) is 0 Å². The molecule has 0 radical (unpaired) electrons. The Balaban J connectivity index is 1.67. The number of hydrogen-bond acceptors (Lipinski definition) is 4. The molecule has 1 aromatic heterocycles. The second kappa shape index (κ2) is 7.60. The molecule has 1 saturated heterocycles. The molecule has 25 heavy (non-hydrogen) atoms. The zero-order valence-electron chi connectivity index (χ0n) is 15.3. The van der Waals surface area contributed by atoms with Crippen molar-refractivity contribution < 1.29 is 4.79 Å². The first-order valence-electron chi connectivity index (χ1n) is 8.94. The Kier molecular flexibility index (Phi) is 5.47. The monoisotopic (exact) mass is 358 g/mol. The molecule has 134 valence electrons. The molecule has 0 saturated carbocycles. The maximum atomic E-state index is 12.9. The molecule has 0 aliphatic carbocycles. The number of H-pyrrole nitrogens is 1. The lowest BCUT2D eigenvalue weighted by molar-refractivity contribution is -0.136. The third kappa shape index (κ3) is 4.06. The Labute approximate surface area is 153 Å². The molecule has 1 fully saturated rings. The average molecular weight is 359 g/mol. The fourth-order valence-electron chi connectivity index (χ4n) is 3.41. The summed E-state index contributed by atoms with van der Waals surface area (Å²) >= 11 is 1.42. The van der Waals surface area contributed by atoms with E-state index < -0.39 is 0 Å². The SMILES string of the molecule is Cc1ccc(-c2nc(S[C@H](C)C(=O)N3[C@H](C)CCC[C@@H]3C)n[nH]2)cc1. The number of thioether (sulfide) groups is 1. The first-order chi connectivity index (χ1) is 12.0. The number of likely N-dealkylation sites (tertiary alicyclic amines) is 1. The van der Waals surface area contributed by atoms with Crippen molar-refractivity contribution in [3.8, 4) is 11.4 Å². The van der Waals surface area contributed by atoms with Crippen LogP contribution in [0.15, 0.2) is 29.4 Å². The van der Waals surface area contributed by atoms with Crippen molar-refractivity contribution >= 4 is 17.7 Å². The lowest BCUT2D eigenvalue weighted by atomic mass is 9.97. The van der Waals surface area contributed by atoms with Crippen LogP contribution in [0.1, 0.15) is 45.6 Å². The number of aryl methyl sites for hydroxylation is 1. The number of carbonyl (C=O) groups is 1. The molecule has 1 aromatic carbocycles. The predicted molar refractivity (Wildman–Crippen MR) is 101 cm³/mol. The number of piperidine rings is 1. The highest BCUT2D eigenvalue weighted by molar-refractivity contribution is 8.00. The summed E-state index contributed by atoms with van der Waals surface area (Å²) in [6, 6.07) is 8.78. The van der Waals surface area contributed by atoms with Crippen molar-refractivity contribution in [1.82, 2.24) is 20.1 Å². The molecule has 1 amide bonds. The molecule has 0 unspecified atom stereocenters. The van der Waals surface area contributed by atoms with Gasteiger partial charge in [0.25, 0.3) is 0 Å². The van der Waals surface area contributed by atoms with Crippen LogP contribution in [0.25, 0.3) is 11.4 Å². The zero-order valence-corrected chi connectivity index (χ0v) is 16.1. The molecule has 1 aliphatic heterocycles. The van der Waals surface area contributed by atoms with E-state index in [-0.39, 0.29) is 11.2 Å². The summed E-state index contributed by atoms with van der Waals surface area (Å²) in [5.74, 6) is 0.924. The number of carbonyl (C=O) groups excluding carboxylic acids is 1. The highest BCUT2D eigenvalue weighted by Crippen LogP contribution is 2.28. The number of amides is 1. The van der Waals surface area contributed by atoms with Crippen molar-refractivity contribution in [2.45, 2.75) is 69.4 Å². The van der Waals surface area contributed by atoms with E-state index >= 15 is 0 Å². The highest BCUT2D eigenvalue weighted by atomic mass is 32.2. The largest absolute Gasteiger partial charge is 0.336 e. The molecule has 3 atom stereocenters. The number of benzene rings is 1. The minimum absolute atomic E-state index is 0.186. The smallest absolute Gasteiger partial charge is 0.236 e. The summed E-state index contributed by atoms with van der Waals surface area (Å²) in [5.41, 5.74) is 2.21. The van der Waals surface area contributed by atoms with E-state index in [9.17, 15) is 4.79 Å². The van der Waals surface area contributed by atoms with Crippen LogP contribution in [0.2, 0.25) is 0 Å². The molecule has 2 heterocycles. The Morgan fingerprint density at radius 2 is 1.88 bits per heavy atom. The van der Waals surface area contributed by atoms with Gasteiger partial charge in [-0.3, -0.25) is 9.89 Å². The highest BCUT2D eigenvalue weighted by Gasteiger charge is 2.32. The van der Waals surface area contributed by atoms with E-state index in [2.05, 4.69) is 53.0 Å². The fraction of sp³-hybridized carbons (Fsp3) is 0.526. The minimum atomic E-state index is -0.190. The number of nitrogens with one attached hydrogen (secondary N) is 1. The summed E-state index contributed by atoms with van der Waals surface area (Å²) in [6.07, 6.45) is 3.38. The number of aromatic amines is 1. The van der Waals surface area contributed by atoms with Gasteiger partial charge in [-0.25, -0.2) is 4.98 Å². The molecule has 2 aromatic rings. The first-order valence-corrected chi connectivity index (χ1v) is 9.82. The quantitative estimate of drug-likeness (QED) is 0.838. The molecule has 6 heteroatoms. The Morgan fingerprint density at radius 1 is 1.24 bits per heavy atom. The molecule has 1 N–H and O–H groups in total. The Morgan fingerprint density at radius 3 is 2.52 bits per heavy atom. The van der Waals surface area contributed by atoms with Crippen LogP contribution < -0.4 is 0 Å². The summed E-state index contributed by atoms with van der Waals surface area (Å²) < 4.78 is 0. The summed E-state index contributed by atoms with van der Waals surface area (Å²) in [5, 5.41) is 7.68. The van der Waals surface area contributed by atoms with Gasteiger partial charge in [0.05, 0.1) is 5.25 Å². The van der Waals surface area contributed by atoms with Crippen molar-refractivity contribution in [2.24, 2.45) is 0 Å². The van der Waals surface area contributed by atoms with Gasteiger partial charge in [0.2, 0.25) is 11.1 Å². The Bertz CT molecular complexity index is 717. The molecule has 0 bridgehead atoms. The van der Waals surface area contributed by atoms with Crippen LogP contribution in [0, 0.1) is 6.92 Å². The van der Waals surface area contributed by atoms with Crippen molar-refractivity contribution in [3.63, 3.8) is 0 Å². The van der Waals surface area contributed by atoms with Gasteiger partial charge < -0.3 is 4.90 Å². The third-order valence-corrected chi connectivity index (χ3v) is 5.82. The van der Waals surface area contributed by atoms with Gasteiger partial charge in [-0.05, 0) is 47.0 Å². The molecule has 1 aliphatic rings. The van der Waals surface area contributed by atoms with E-state index in [1.165, 1.54) is 23.7 Å². The van der Waals surface area contributed by atoms with Crippen molar-refractivity contribution in [2.75, 3.05) is 0 Å². The second-order valence-corrected chi connectivity index (χ2v) is 8.28. The van der Waals surface area contributed by atoms with E-state index in [4.69, 9.17) is 0 Å². The van der Waals surface area contributed by atoms with Crippen LogP contribution >= 0.6 is 11.8 Å². The maximum Gasteiger partial charge on any atom is 0.236 e. The number of hydrogen-bond donors (Lipinski definition) is 1. The van der Waals surface area contributed by atoms with Gasteiger partial charge in [0.15, 0.2) is 5.82 Å². The molecular formula is C19H26N4OS. The molecule has 0 spiro atoms. The van der Waals surface area contributed by atoms with Crippen LogP contribution in [-0.2, 0) is 4.79 Å². The van der Waals surface area contributed by atoms with Gasteiger partial charge >= 0.3 is 0 Å².